The first-order valence-corrected chi connectivity index (χ1v) is 4.12. The maximum Gasteiger partial charge on any atom is 0.156 e. The second-order valence-electron chi connectivity index (χ2n) is 2.43. The van der Waals surface area contributed by atoms with Crippen LogP contribution in [0.2, 0.25) is 0 Å². The molecular weight excluding hydrogens is 237 g/mol. The summed E-state index contributed by atoms with van der Waals surface area (Å²) < 4.78 is 17.7. The van der Waals surface area contributed by atoms with Gasteiger partial charge in [-0.2, -0.15) is 0 Å². The summed E-state index contributed by atoms with van der Waals surface area (Å²) in [5.41, 5.74) is -2.31. The molecule has 0 aromatic heterocycles. The summed E-state index contributed by atoms with van der Waals surface area (Å²) in [5.74, 6) is -0.477. The predicted molar refractivity (Wildman–Crippen MR) is 51.2 cm³/mol. The molecular formula is C7H4B2BrFO2. The van der Waals surface area contributed by atoms with Crippen LogP contribution in [0.15, 0.2) is 22.7 Å². The van der Waals surface area contributed by atoms with E-state index in [1.165, 1.54) is 12.1 Å². The summed E-state index contributed by atoms with van der Waals surface area (Å²) in [6, 6.07) is 3.69. The first-order chi connectivity index (χ1) is 5.88. The first-order valence-electron chi connectivity index (χ1n) is 3.33. The van der Waals surface area contributed by atoms with Gasteiger partial charge in [-0.1, -0.05) is 0 Å². The molecule has 0 saturated carbocycles. The Kier molecular flexibility index (Phi) is 3.03. The number of halogens is 2. The van der Waals surface area contributed by atoms with E-state index >= 15 is 0 Å². The average molecular weight is 241 g/mol. The highest BCUT2D eigenvalue weighted by Gasteiger charge is 2.15. The van der Waals surface area contributed by atoms with Crippen LogP contribution in [-0.4, -0.2) is 26.4 Å². The van der Waals surface area contributed by atoms with Gasteiger partial charge in [-0.05, 0) is 28.1 Å². The number of ether oxygens (including phenoxy) is 1. The monoisotopic (exact) mass is 240 g/mol. The standard InChI is InChI=1S/C7H4B2BrFO2/c8-7(9,12)13-6-3-4(11)1-2-5(6)10/h1-3,12H. The van der Waals surface area contributed by atoms with E-state index in [0.29, 0.717) is 4.47 Å². The molecule has 0 aliphatic rings. The van der Waals surface area contributed by atoms with E-state index < -0.39 is 11.4 Å². The smallest absolute Gasteiger partial charge is 0.156 e. The molecule has 0 fully saturated rings. The van der Waals surface area contributed by atoms with Crippen LogP contribution in [-0.2, 0) is 0 Å². The highest BCUT2D eigenvalue weighted by atomic mass is 79.9. The van der Waals surface area contributed by atoms with Crippen molar-refractivity contribution in [2.75, 3.05) is 0 Å². The van der Waals surface area contributed by atoms with Crippen LogP contribution >= 0.6 is 15.9 Å². The SMILES string of the molecule is [B]C([B])(O)Oc1cc(F)ccc1Br. The van der Waals surface area contributed by atoms with Crippen LogP contribution in [0.1, 0.15) is 0 Å². The Balaban J connectivity index is 2.94. The number of rotatable bonds is 2. The first kappa shape index (κ1) is 10.6. The molecule has 0 spiro atoms. The molecule has 1 N–H and O–H groups in total. The van der Waals surface area contributed by atoms with Gasteiger partial charge in [0.1, 0.15) is 17.2 Å². The van der Waals surface area contributed by atoms with Crippen LogP contribution in [0.5, 0.6) is 5.75 Å². The van der Waals surface area contributed by atoms with Crippen molar-refractivity contribution in [3.05, 3.63) is 28.5 Å². The highest BCUT2D eigenvalue weighted by Crippen LogP contribution is 2.26. The van der Waals surface area contributed by atoms with E-state index in [9.17, 15) is 4.39 Å². The molecule has 0 atom stereocenters. The maximum atomic E-state index is 12.7. The van der Waals surface area contributed by atoms with Gasteiger partial charge in [0.2, 0.25) is 0 Å². The topological polar surface area (TPSA) is 29.5 Å². The molecule has 1 aromatic rings. The van der Waals surface area contributed by atoms with Crippen molar-refractivity contribution in [2.45, 2.75) is 5.59 Å². The molecule has 1 aromatic carbocycles. The van der Waals surface area contributed by atoms with Gasteiger partial charge in [0.25, 0.3) is 0 Å². The van der Waals surface area contributed by atoms with Crippen molar-refractivity contribution in [3.63, 3.8) is 0 Å². The van der Waals surface area contributed by atoms with E-state index in [2.05, 4.69) is 20.7 Å². The van der Waals surface area contributed by atoms with Gasteiger partial charge in [-0.15, -0.1) is 0 Å². The van der Waals surface area contributed by atoms with Crippen molar-refractivity contribution >= 4 is 31.6 Å². The number of benzene rings is 1. The summed E-state index contributed by atoms with van der Waals surface area (Å²) in [7, 11) is 9.91. The summed E-state index contributed by atoms with van der Waals surface area (Å²) in [5, 5.41) is 8.88. The second kappa shape index (κ2) is 3.72. The molecule has 64 valence electrons. The molecule has 0 saturated heterocycles. The lowest BCUT2D eigenvalue weighted by atomic mass is 9.76. The molecule has 0 amide bonds. The van der Waals surface area contributed by atoms with Crippen molar-refractivity contribution in [2.24, 2.45) is 0 Å². The lowest BCUT2D eigenvalue weighted by molar-refractivity contribution is 0.0120. The number of hydrogen-bond acceptors (Lipinski definition) is 2. The molecule has 6 heteroatoms. The molecule has 0 aliphatic carbocycles. The summed E-state index contributed by atoms with van der Waals surface area (Å²) in [6.07, 6.45) is 0. The van der Waals surface area contributed by atoms with Gasteiger partial charge in [0.05, 0.1) is 4.47 Å². The molecule has 0 bridgehead atoms. The zero-order chi connectivity index (χ0) is 10.1. The Morgan fingerprint density at radius 3 is 2.62 bits per heavy atom. The Morgan fingerprint density at radius 1 is 1.46 bits per heavy atom. The fraction of sp³-hybridized carbons (Fsp3) is 0.143. The van der Waals surface area contributed by atoms with E-state index in [1.54, 1.807) is 0 Å². The van der Waals surface area contributed by atoms with Crippen LogP contribution in [0.25, 0.3) is 0 Å². The van der Waals surface area contributed by atoms with Gasteiger partial charge in [0, 0.05) is 6.07 Å². The Bertz CT molecular complexity index is 314. The van der Waals surface area contributed by atoms with E-state index in [4.69, 9.17) is 20.8 Å². The lowest BCUT2D eigenvalue weighted by Gasteiger charge is -2.22. The second-order valence-corrected chi connectivity index (χ2v) is 3.28. The Morgan fingerprint density at radius 2 is 2.08 bits per heavy atom. The van der Waals surface area contributed by atoms with E-state index in [0.717, 1.165) is 6.07 Å². The van der Waals surface area contributed by atoms with Crippen LogP contribution < -0.4 is 4.74 Å². The Hall–Kier alpha value is -0.480. The molecule has 13 heavy (non-hydrogen) atoms. The van der Waals surface area contributed by atoms with Crippen molar-refractivity contribution in [1.82, 2.24) is 0 Å². The minimum absolute atomic E-state index is 0.0347. The Labute approximate surface area is 86.0 Å². The average Bonchev–Trinajstić information content (AvgIpc) is 1.94. The number of hydrogen-bond donors (Lipinski definition) is 1. The zero-order valence-electron chi connectivity index (χ0n) is 6.50. The molecule has 0 aliphatic heterocycles. The third-order valence-electron chi connectivity index (χ3n) is 1.17. The summed E-state index contributed by atoms with van der Waals surface area (Å²) in [6.45, 7) is 0. The van der Waals surface area contributed by atoms with Gasteiger partial charge in [0.15, 0.2) is 15.7 Å². The van der Waals surface area contributed by atoms with Crippen LogP contribution in [0, 0.1) is 5.82 Å². The third kappa shape index (κ3) is 3.40. The number of aliphatic hydroxyl groups is 1. The van der Waals surface area contributed by atoms with Crippen molar-refractivity contribution in [3.8, 4) is 5.75 Å². The predicted octanol–water partition coefficient (Wildman–Crippen LogP) is 0.908. The summed E-state index contributed by atoms with van der Waals surface area (Å²) in [4.78, 5) is 0. The van der Waals surface area contributed by atoms with Crippen molar-refractivity contribution in [1.29, 1.82) is 0 Å². The summed E-state index contributed by atoms with van der Waals surface area (Å²) >= 11 is 3.07. The lowest BCUT2D eigenvalue weighted by Crippen LogP contribution is -2.36. The van der Waals surface area contributed by atoms with Crippen molar-refractivity contribution < 1.29 is 14.2 Å². The zero-order valence-corrected chi connectivity index (χ0v) is 8.08. The largest absolute Gasteiger partial charge is 0.480 e. The van der Waals surface area contributed by atoms with Gasteiger partial charge in [-0.25, -0.2) is 4.39 Å². The quantitative estimate of drug-likeness (QED) is 0.615. The maximum absolute atomic E-state index is 12.7. The van der Waals surface area contributed by atoms with E-state index in [-0.39, 0.29) is 5.75 Å². The van der Waals surface area contributed by atoms with Crippen LogP contribution in [0.3, 0.4) is 0 Å². The molecule has 0 unspecified atom stereocenters. The molecule has 4 radical (unpaired) electrons. The van der Waals surface area contributed by atoms with Crippen LogP contribution in [0.4, 0.5) is 4.39 Å². The highest BCUT2D eigenvalue weighted by molar-refractivity contribution is 9.10. The molecule has 2 nitrogen and oxygen atoms in total. The minimum Gasteiger partial charge on any atom is -0.480 e. The van der Waals surface area contributed by atoms with Gasteiger partial charge < -0.3 is 9.84 Å². The molecule has 1 rings (SSSR count). The third-order valence-corrected chi connectivity index (χ3v) is 1.82. The van der Waals surface area contributed by atoms with E-state index in [1.807, 2.05) is 0 Å². The van der Waals surface area contributed by atoms with Gasteiger partial charge >= 0.3 is 0 Å². The minimum atomic E-state index is -2.31. The fourth-order valence-electron chi connectivity index (χ4n) is 0.732. The molecule has 0 heterocycles. The van der Waals surface area contributed by atoms with Gasteiger partial charge in [-0.3, -0.25) is 0 Å². The normalized spacial score (nSPS) is 11.3. The fourth-order valence-corrected chi connectivity index (χ4v) is 1.06.